The molecule has 1 aromatic carbocycles. The van der Waals surface area contributed by atoms with Crippen LogP contribution in [0.2, 0.25) is 0 Å². The molecule has 0 aliphatic heterocycles. The van der Waals surface area contributed by atoms with E-state index in [-0.39, 0.29) is 6.10 Å². The molecule has 0 unspecified atom stereocenters. The zero-order chi connectivity index (χ0) is 13.0. The maximum atomic E-state index is 5.85. The lowest BCUT2D eigenvalue weighted by Gasteiger charge is -2.12. The van der Waals surface area contributed by atoms with Crippen molar-refractivity contribution in [2.45, 2.75) is 26.5 Å². The van der Waals surface area contributed by atoms with Gasteiger partial charge in [-0.2, -0.15) is 0 Å². The zero-order valence-corrected chi connectivity index (χ0v) is 11.3. The fourth-order valence-electron chi connectivity index (χ4n) is 1.58. The van der Waals surface area contributed by atoms with E-state index in [1.807, 2.05) is 37.4 Å². The smallest absolute Gasteiger partial charge is 0.123 e. The summed E-state index contributed by atoms with van der Waals surface area (Å²) >= 11 is 1.63. The Kier molecular flexibility index (Phi) is 4.04. The molecule has 0 saturated heterocycles. The lowest BCUT2D eigenvalue weighted by atomic mass is 10.2. The van der Waals surface area contributed by atoms with Gasteiger partial charge in [0.25, 0.3) is 0 Å². The molecule has 18 heavy (non-hydrogen) atoms. The van der Waals surface area contributed by atoms with Gasteiger partial charge in [-0.25, -0.2) is 4.98 Å². The number of hydrogen-bond acceptors (Lipinski definition) is 5. The van der Waals surface area contributed by atoms with Crippen LogP contribution in [-0.2, 0) is 6.54 Å². The zero-order valence-electron chi connectivity index (χ0n) is 10.5. The Morgan fingerprint density at radius 3 is 2.89 bits per heavy atom. The number of ether oxygens (including phenoxy) is 1. The molecule has 2 aromatic rings. The summed E-state index contributed by atoms with van der Waals surface area (Å²) in [6.07, 6.45) is 1.94. The summed E-state index contributed by atoms with van der Waals surface area (Å²) in [5.41, 5.74) is 7.49. The summed E-state index contributed by atoms with van der Waals surface area (Å²) in [6.45, 7) is 4.68. The molecular formula is C13H17N3OS. The second kappa shape index (κ2) is 5.73. The Hall–Kier alpha value is -1.75. The molecule has 2 rings (SSSR count). The number of rotatable bonds is 5. The summed E-state index contributed by atoms with van der Waals surface area (Å²) < 4.78 is 5.64. The third-order valence-electron chi connectivity index (χ3n) is 2.23. The van der Waals surface area contributed by atoms with E-state index in [0.717, 1.165) is 16.4 Å². The second-order valence-electron chi connectivity index (χ2n) is 4.24. The highest BCUT2D eigenvalue weighted by atomic mass is 32.1. The van der Waals surface area contributed by atoms with Crippen molar-refractivity contribution in [3.63, 3.8) is 0 Å². The highest BCUT2D eigenvalue weighted by Crippen LogP contribution is 2.24. The highest BCUT2D eigenvalue weighted by molar-refractivity contribution is 7.09. The van der Waals surface area contributed by atoms with Gasteiger partial charge in [0.1, 0.15) is 10.8 Å². The van der Waals surface area contributed by atoms with Crippen molar-refractivity contribution in [2.75, 3.05) is 11.1 Å². The van der Waals surface area contributed by atoms with Crippen molar-refractivity contribution in [1.29, 1.82) is 0 Å². The molecule has 0 bridgehead atoms. The number of nitrogens with one attached hydrogen (secondary N) is 1. The predicted molar refractivity (Wildman–Crippen MR) is 76.1 cm³/mol. The molecule has 5 heteroatoms. The minimum Gasteiger partial charge on any atom is -0.491 e. The van der Waals surface area contributed by atoms with Crippen molar-refractivity contribution in [2.24, 2.45) is 0 Å². The van der Waals surface area contributed by atoms with Crippen molar-refractivity contribution < 1.29 is 4.74 Å². The van der Waals surface area contributed by atoms with Crippen LogP contribution in [0.4, 0.5) is 11.4 Å². The molecule has 0 fully saturated rings. The molecule has 96 valence electrons. The Morgan fingerprint density at radius 2 is 2.22 bits per heavy atom. The van der Waals surface area contributed by atoms with E-state index < -0.39 is 0 Å². The molecule has 0 aliphatic carbocycles. The second-order valence-corrected chi connectivity index (χ2v) is 5.22. The van der Waals surface area contributed by atoms with Gasteiger partial charge in [-0.05, 0) is 19.9 Å². The van der Waals surface area contributed by atoms with Crippen LogP contribution in [0.25, 0.3) is 0 Å². The van der Waals surface area contributed by atoms with E-state index in [2.05, 4.69) is 10.3 Å². The summed E-state index contributed by atoms with van der Waals surface area (Å²) in [4.78, 5) is 4.22. The first-order valence-electron chi connectivity index (χ1n) is 5.83. The molecular weight excluding hydrogens is 246 g/mol. The third kappa shape index (κ3) is 3.63. The molecule has 0 amide bonds. The summed E-state index contributed by atoms with van der Waals surface area (Å²) in [5.74, 6) is 0.784. The molecule has 4 nitrogen and oxygen atoms in total. The maximum Gasteiger partial charge on any atom is 0.123 e. The topological polar surface area (TPSA) is 60.2 Å². The minimum absolute atomic E-state index is 0.138. The van der Waals surface area contributed by atoms with Crippen molar-refractivity contribution in [3.8, 4) is 5.75 Å². The fraction of sp³-hybridized carbons (Fsp3) is 0.308. The average molecular weight is 263 g/mol. The SMILES string of the molecule is CC(C)Oc1cc(N)cc(NCc2nccs2)c1. The summed E-state index contributed by atoms with van der Waals surface area (Å²) in [5, 5.41) is 6.30. The van der Waals surface area contributed by atoms with Crippen LogP contribution in [0.5, 0.6) is 5.75 Å². The van der Waals surface area contributed by atoms with E-state index in [4.69, 9.17) is 10.5 Å². The lowest BCUT2D eigenvalue weighted by molar-refractivity contribution is 0.242. The van der Waals surface area contributed by atoms with Crippen LogP contribution < -0.4 is 15.8 Å². The average Bonchev–Trinajstić information content (AvgIpc) is 2.77. The predicted octanol–water partition coefficient (Wildman–Crippen LogP) is 3.12. The highest BCUT2D eigenvalue weighted by Gasteiger charge is 2.03. The number of nitrogens with zero attached hydrogens (tertiary/aromatic N) is 1. The van der Waals surface area contributed by atoms with Crippen molar-refractivity contribution >= 4 is 22.7 Å². The van der Waals surface area contributed by atoms with Gasteiger partial charge < -0.3 is 15.8 Å². The fourth-order valence-corrected chi connectivity index (χ4v) is 2.14. The molecule has 0 atom stereocenters. The van der Waals surface area contributed by atoms with E-state index in [9.17, 15) is 0 Å². The number of thiazole rings is 1. The first-order chi connectivity index (χ1) is 8.63. The molecule has 0 aliphatic rings. The molecule has 0 spiro atoms. The van der Waals surface area contributed by atoms with Gasteiger partial charge in [-0.15, -0.1) is 11.3 Å². The van der Waals surface area contributed by atoms with E-state index in [0.29, 0.717) is 12.2 Å². The van der Waals surface area contributed by atoms with E-state index >= 15 is 0 Å². The van der Waals surface area contributed by atoms with Gasteiger partial charge in [0.05, 0.1) is 12.6 Å². The van der Waals surface area contributed by atoms with Gasteiger partial charge in [0, 0.05) is 35.1 Å². The Bertz CT molecular complexity index is 497. The van der Waals surface area contributed by atoms with Crippen LogP contribution in [0, 0.1) is 0 Å². The Balaban J connectivity index is 2.05. The number of nitrogens with two attached hydrogens (primary N) is 1. The Labute approximate surface area is 111 Å². The largest absolute Gasteiger partial charge is 0.491 e. The number of benzene rings is 1. The number of nitrogen functional groups attached to an aromatic ring is 1. The molecule has 0 saturated carbocycles. The van der Waals surface area contributed by atoms with Crippen LogP contribution in [0.15, 0.2) is 29.8 Å². The normalized spacial score (nSPS) is 10.6. The van der Waals surface area contributed by atoms with Crippen LogP contribution in [0.3, 0.4) is 0 Å². The van der Waals surface area contributed by atoms with Gasteiger partial charge >= 0.3 is 0 Å². The molecule has 1 aromatic heterocycles. The Morgan fingerprint density at radius 1 is 1.39 bits per heavy atom. The summed E-state index contributed by atoms with van der Waals surface area (Å²) in [7, 11) is 0. The first-order valence-corrected chi connectivity index (χ1v) is 6.71. The third-order valence-corrected chi connectivity index (χ3v) is 3.01. The lowest BCUT2D eigenvalue weighted by Crippen LogP contribution is -2.07. The van der Waals surface area contributed by atoms with E-state index in [1.165, 1.54) is 0 Å². The van der Waals surface area contributed by atoms with Crippen LogP contribution in [0.1, 0.15) is 18.9 Å². The van der Waals surface area contributed by atoms with Gasteiger partial charge in [0.2, 0.25) is 0 Å². The van der Waals surface area contributed by atoms with Crippen LogP contribution in [-0.4, -0.2) is 11.1 Å². The minimum atomic E-state index is 0.138. The monoisotopic (exact) mass is 263 g/mol. The number of anilines is 2. The van der Waals surface area contributed by atoms with Crippen molar-refractivity contribution in [3.05, 3.63) is 34.8 Å². The first kappa shape index (κ1) is 12.7. The molecule has 1 heterocycles. The molecule has 3 N–H and O–H groups in total. The maximum absolute atomic E-state index is 5.85. The molecule has 0 radical (unpaired) electrons. The van der Waals surface area contributed by atoms with Gasteiger partial charge in [-0.3, -0.25) is 0 Å². The number of aromatic nitrogens is 1. The van der Waals surface area contributed by atoms with Crippen LogP contribution >= 0.6 is 11.3 Å². The quantitative estimate of drug-likeness (QED) is 0.814. The van der Waals surface area contributed by atoms with Crippen molar-refractivity contribution in [1.82, 2.24) is 4.98 Å². The van der Waals surface area contributed by atoms with Gasteiger partial charge in [-0.1, -0.05) is 0 Å². The summed E-state index contributed by atoms with van der Waals surface area (Å²) in [6, 6.07) is 5.67. The van der Waals surface area contributed by atoms with E-state index in [1.54, 1.807) is 17.5 Å². The standard InChI is InChI=1S/C13H17N3OS/c1-9(2)17-12-6-10(14)5-11(7-12)16-8-13-15-3-4-18-13/h3-7,9,16H,8,14H2,1-2H3. The van der Waals surface area contributed by atoms with Gasteiger partial charge in [0.15, 0.2) is 0 Å². The number of hydrogen-bond donors (Lipinski definition) is 2.